The predicted octanol–water partition coefficient (Wildman–Crippen LogP) is -0.950. The molecule has 56 heavy (non-hydrogen) atoms. The van der Waals surface area contributed by atoms with E-state index in [9.17, 15) is 48.5 Å². The van der Waals surface area contributed by atoms with Gasteiger partial charge < -0.3 is 44.9 Å². The lowest BCUT2D eigenvalue weighted by Gasteiger charge is -2.35. The number of nitrogen functional groups attached to an aromatic ring is 2. The second kappa shape index (κ2) is 16.5. The highest BCUT2D eigenvalue weighted by Gasteiger charge is 2.51. The van der Waals surface area contributed by atoms with Crippen molar-refractivity contribution in [1.29, 1.82) is 0 Å². The molecule has 28 heteroatoms. The zero-order valence-corrected chi connectivity index (χ0v) is 30.9. The highest BCUT2D eigenvalue weighted by Crippen LogP contribution is 2.49. The number of azide groups is 1. The van der Waals surface area contributed by atoms with Gasteiger partial charge in [0.25, 0.3) is 13.4 Å². The molecule has 6 heterocycles. The summed E-state index contributed by atoms with van der Waals surface area (Å²) in [4.78, 5) is 94.9. The fraction of sp³-hybridized carbons (Fsp3) is 0.571. The number of hydrogen-bond acceptors (Lipinski definition) is 18. The van der Waals surface area contributed by atoms with Gasteiger partial charge >= 0.3 is 24.9 Å². The van der Waals surface area contributed by atoms with Crippen molar-refractivity contribution >= 4 is 27.3 Å². The van der Waals surface area contributed by atoms with Gasteiger partial charge in [0, 0.05) is 47.8 Å². The van der Waals surface area contributed by atoms with Crippen LogP contribution in [0.25, 0.3) is 10.4 Å². The number of aryl methyl sites for hydroxylation is 1. The van der Waals surface area contributed by atoms with Crippen LogP contribution in [0.5, 0.6) is 0 Å². The van der Waals surface area contributed by atoms with E-state index in [0.29, 0.717) is 12.8 Å². The van der Waals surface area contributed by atoms with Gasteiger partial charge in [0.1, 0.15) is 30.3 Å². The van der Waals surface area contributed by atoms with Crippen molar-refractivity contribution in [3.8, 4) is 0 Å². The number of rotatable bonds is 14. The van der Waals surface area contributed by atoms with Crippen molar-refractivity contribution in [3.63, 3.8) is 0 Å². The third-order valence-corrected chi connectivity index (χ3v) is 10.8. The minimum atomic E-state index is -5.68. The van der Waals surface area contributed by atoms with E-state index in [1.54, 1.807) is 0 Å². The Hall–Kier alpha value is -4.55. The molecule has 11 unspecified atom stereocenters. The van der Waals surface area contributed by atoms with Gasteiger partial charge in [0.2, 0.25) is 0 Å². The molecule has 3 aromatic rings. The summed E-state index contributed by atoms with van der Waals surface area (Å²) >= 11 is 0. The summed E-state index contributed by atoms with van der Waals surface area (Å²) < 4.78 is 62.1. The van der Waals surface area contributed by atoms with Gasteiger partial charge in [0.15, 0.2) is 0 Å². The lowest BCUT2D eigenvalue weighted by atomic mass is 9.88. The van der Waals surface area contributed by atoms with E-state index in [-0.39, 0.29) is 30.0 Å². The van der Waals surface area contributed by atoms with Crippen molar-refractivity contribution in [1.82, 2.24) is 28.7 Å². The maximum Gasteiger partial charge on any atom is 0.472 e. The predicted molar refractivity (Wildman–Crippen MR) is 185 cm³/mol. The molecule has 3 aliphatic rings. The molecule has 26 nitrogen and oxygen atoms in total. The summed E-state index contributed by atoms with van der Waals surface area (Å²) in [5.74, 6) is -1.42. The van der Waals surface area contributed by atoms with Gasteiger partial charge in [-0.1, -0.05) is 5.11 Å². The van der Waals surface area contributed by atoms with Crippen LogP contribution in [0.15, 0.2) is 55.0 Å². The third kappa shape index (κ3) is 9.52. The summed E-state index contributed by atoms with van der Waals surface area (Å²) in [6.07, 6.45) is -4.96. The average molecular weight is 829 g/mol. The van der Waals surface area contributed by atoms with Crippen molar-refractivity contribution in [3.05, 3.63) is 88.5 Å². The molecule has 3 aliphatic heterocycles. The van der Waals surface area contributed by atoms with E-state index in [0.717, 1.165) is 9.13 Å². The minimum absolute atomic E-state index is 0.0176. The standard InChI is InChI=1S/C28H37N11O15P2/c1-13-10-39(28(43)34-25(13)40)22-9-16(35-36-31)24(53-22)23(54-55(44,45)46)15-8-21(38-7-5-19(30)33-27(38)42)52-17(15)12-50-56(47,48)49-11-14-2-3-20(51-14)37-6-4-18(29)32-26(37)41/h4-7,10,14-17,20-24H,2-3,8-9,11-12H2,1H3,(H,47,48)(H2,29,32,41)(H2,30,33,42)(H,34,40,43)(H2,44,45,46)/p-1. The average Bonchev–Trinajstić information content (AvgIpc) is 3.86. The summed E-state index contributed by atoms with van der Waals surface area (Å²) in [5, 5.41) is 3.70. The van der Waals surface area contributed by atoms with E-state index in [1.165, 1.54) is 42.2 Å². The summed E-state index contributed by atoms with van der Waals surface area (Å²) in [6, 6.07) is 1.40. The summed E-state index contributed by atoms with van der Waals surface area (Å²) in [5.41, 5.74) is 17.5. The smallest absolute Gasteiger partial charge is 0.472 e. The summed E-state index contributed by atoms with van der Waals surface area (Å²) in [7, 11) is -10.6. The molecule has 7 N–H and O–H groups in total. The van der Waals surface area contributed by atoms with Crippen molar-refractivity contribution in [2.75, 3.05) is 24.7 Å². The first-order valence-corrected chi connectivity index (χ1v) is 19.8. The number of nitrogens with two attached hydrogens (primary N) is 2. The van der Waals surface area contributed by atoms with Gasteiger partial charge in [-0.3, -0.25) is 37.1 Å². The molecule has 3 aromatic heterocycles. The van der Waals surface area contributed by atoms with Crippen molar-refractivity contribution in [2.24, 2.45) is 11.0 Å². The molecule has 0 spiro atoms. The Kier molecular flexibility index (Phi) is 12.1. The van der Waals surface area contributed by atoms with E-state index in [2.05, 4.69) is 25.0 Å². The quantitative estimate of drug-likeness (QED) is 0.0566. The van der Waals surface area contributed by atoms with Gasteiger partial charge in [-0.25, -0.2) is 18.9 Å². The van der Waals surface area contributed by atoms with E-state index in [4.69, 9.17) is 39.2 Å². The Balaban J connectivity index is 1.24. The maximum absolute atomic E-state index is 13.1. The lowest BCUT2D eigenvalue weighted by Crippen LogP contribution is -2.45. The largest absolute Gasteiger partial charge is 0.756 e. The van der Waals surface area contributed by atoms with Gasteiger partial charge in [-0.05, 0) is 37.4 Å². The molecule has 304 valence electrons. The fourth-order valence-electron chi connectivity index (χ4n) is 6.78. The topological polar surface area (TPSA) is 378 Å². The second-order valence-electron chi connectivity index (χ2n) is 13.0. The number of phosphoric ester groups is 2. The number of aromatic amines is 1. The van der Waals surface area contributed by atoms with Gasteiger partial charge in [-0.15, -0.1) is 0 Å². The number of H-pyrrole nitrogens is 1. The molecule has 6 rings (SSSR count). The molecule has 0 aromatic carbocycles. The van der Waals surface area contributed by atoms with Crippen molar-refractivity contribution in [2.45, 2.75) is 81.7 Å². The Bertz CT molecular complexity index is 2320. The number of nitrogens with zero attached hydrogens (tertiary/aromatic N) is 8. The number of hydrogen-bond donors (Lipinski definition) is 5. The van der Waals surface area contributed by atoms with E-state index < -0.39 is 107 Å². The Morgan fingerprint density at radius 1 is 0.982 bits per heavy atom. The first-order valence-electron chi connectivity index (χ1n) is 16.8. The fourth-order valence-corrected chi connectivity index (χ4v) is 8.12. The number of ether oxygens (including phenoxy) is 3. The Morgan fingerprint density at radius 2 is 1.61 bits per heavy atom. The number of aromatic nitrogens is 6. The molecule has 11 atom stereocenters. The number of nitrogens with one attached hydrogen (secondary N) is 1. The number of anilines is 2. The SMILES string of the molecule is Cc1cn(C2CC(N=[N+]=[N-])C(C(OP(=O)([O-])O)C3CC(n4ccc(N)nc4=O)OC3COP(=O)(O)OCC3CCC(n4ccc(N)nc4=O)O3)O2)c(=O)[nH]c1=O. The molecule has 0 amide bonds. The third-order valence-electron chi connectivity index (χ3n) is 9.31. The number of phosphoric acid groups is 2. The van der Waals surface area contributed by atoms with Crippen LogP contribution in [0.1, 0.15) is 49.9 Å². The first-order chi connectivity index (χ1) is 26.4. The van der Waals surface area contributed by atoms with Gasteiger partial charge in [-0.2, -0.15) is 9.97 Å². The Morgan fingerprint density at radius 3 is 2.23 bits per heavy atom. The molecular formula is C28H36N11O15P2-. The molecule has 3 saturated heterocycles. The molecule has 0 aliphatic carbocycles. The van der Waals surface area contributed by atoms with Crippen LogP contribution in [0.3, 0.4) is 0 Å². The highest BCUT2D eigenvalue weighted by atomic mass is 31.2. The van der Waals surface area contributed by atoms with Crippen LogP contribution in [0.4, 0.5) is 11.6 Å². The van der Waals surface area contributed by atoms with Crippen LogP contribution >= 0.6 is 15.6 Å². The van der Waals surface area contributed by atoms with E-state index in [1.807, 2.05) is 0 Å². The van der Waals surface area contributed by atoms with Gasteiger partial charge in [0.05, 0.1) is 43.7 Å². The monoisotopic (exact) mass is 828 g/mol. The zero-order valence-electron chi connectivity index (χ0n) is 29.2. The minimum Gasteiger partial charge on any atom is -0.756 e. The second-order valence-corrected chi connectivity index (χ2v) is 15.6. The van der Waals surface area contributed by atoms with Crippen molar-refractivity contribution < 1.29 is 51.6 Å². The van der Waals surface area contributed by atoms with Crippen LogP contribution in [-0.4, -0.2) is 82.1 Å². The van der Waals surface area contributed by atoms with E-state index >= 15 is 0 Å². The Labute approximate surface area is 313 Å². The first kappa shape index (κ1) is 41.1. The molecule has 0 saturated carbocycles. The van der Waals surface area contributed by atoms with Crippen LogP contribution in [0, 0.1) is 12.8 Å². The lowest BCUT2D eigenvalue weighted by molar-refractivity contribution is -0.232. The van der Waals surface area contributed by atoms with Crippen LogP contribution in [0.2, 0.25) is 0 Å². The van der Waals surface area contributed by atoms with Crippen LogP contribution < -0.4 is 39.0 Å². The highest BCUT2D eigenvalue weighted by molar-refractivity contribution is 7.47. The summed E-state index contributed by atoms with van der Waals surface area (Å²) in [6.45, 7) is 0.132. The molecule has 0 bridgehead atoms. The molecular weight excluding hydrogens is 792 g/mol. The molecule has 0 radical (unpaired) electrons. The maximum atomic E-state index is 13.1. The normalized spacial score (nSPS) is 29.0. The zero-order chi connectivity index (χ0) is 40.5. The molecule has 3 fully saturated rings. The van der Waals surface area contributed by atoms with Crippen LogP contribution in [-0.2, 0) is 36.9 Å².